The summed E-state index contributed by atoms with van der Waals surface area (Å²) in [5.41, 5.74) is 0. The number of hydrogen-bond acceptors (Lipinski definition) is 3. The number of carbonyl (C=O) groups excluding carboxylic acids is 3. The Labute approximate surface area is 106 Å². The van der Waals surface area contributed by atoms with Gasteiger partial charge in [0.05, 0.1) is 0 Å². The van der Waals surface area contributed by atoms with Crippen LogP contribution in [0.25, 0.3) is 0 Å². The van der Waals surface area contributed by atoms with Crippen LogP contribution in [0, 0.1) is 0 Å². The molecule has 0 heterocycles. The number of carbonyl (C=O) groups is 3. The molecule has 0 unspecified atom stereocenters. The summed E-state index contributed by atoms with van der Waals surface area (Å²) in [6.07, 6.45) is 0.698. The number of likely N-dealkylation sites (N-methyl/N-ethyl adjacent to an activating group) is 1. The number of nitrogens with zero attached hydrogens (tertiary/aromatic N) is 2. The maximum Gasteiger partial charge on any atom is 0.324 e. The molecule has 0 aliphatic heterocycles. The zero-order chi connectivity index (χ0) is 13.4. The van der Waals surface area contributed by atoms with Crippen LogP contribution in [0.3, 0.4) is 0 Å². The van der Waals surface area contributed by atoms with Gasteiger partial charge in [0.15, 0.2) is 0 Å². The minimum atomic E-state index is -0.590. The quantitative estimate of drug-likeness (QED) is 0.724. The third-order valence-electron chi connectivity index (χ3n) is 1.97. The highest BCUT2D eigenvalue weighted by Gasteiger charge is 2.18. The summed E-state index contributed by atoms with van der Waals surface area (Å²) < 4.78 is 0. The predicted molar refractivity (Wildman–Crippen MR) is 64.8 cm³/mol. The molecule has 0 aromatic heterocycles. The van der Waals surface area contributed by atoms with Gasteiger partial charge >= 0.3 is 6.03 Å². The second kappa shape index (κ2) is 7.89. The standard InChI is InChI=1S/C10H18ClN3O3/c1-4-5-14(7-9(16)13(2)3)10(17)12-8(15)6-11/h4-7H2,1-3H3,(H,12,15,17). The Morgan fingerprint density at radius 3 is 2.24 bits per heavy atom. The predicted octanol–water partition coefficient (Wildman–Crippen LogP) is 0.262. The van der Waals surface area contributed by atoms with Crippen LogP contribution in [0.15, 0.2) is 0 Å². The zero-order valence-corrected chi connectivity index (χ0v) is 11.1. The average molecular weight is 264 g/mol. The summed E-state index contributed by atoms with van der Waals surface area (Å²) in [6.45, 7) is 2.23. The summed E-state index contributed by atoms with van der Waals surface area (Å²) in [4.78, 5) is 36.7. The van der Waals surface area contributed by atoms with Gasteiger partial charge < -0.3 is 9.80 Å². The van der Waals surface area contributed by atoms with Crippen LogP contribution >= 0.6 is 11.6 Å². The first kappa shape index (κ1) is 15.7. The largest absolute Gasteiger partial charge is 0.347 e. The van der Waals surface area contributed by atoms with Gasteiger partial charge in [0.25, 0.3) is 0 Å². The maximum absolute atomic E-state index is 11.6. The number of alkyl halides is 1. The van der Waals surface area contributed by atoms with Crippen LogP contribution in [0.2, 0.25) is 0 Å². The van der Waals surface area contributed by atoms with Crippen molar-refractivity contribution in [3.8, 4) is 0 Å². The SMILES string of the molecule is CCCN(CC(=O)N(C)C)C(=O)NC(=O)CCl. The molecule has 0 saturated heterocycles. The molecule has 7 heteroatoms. The Bertz CT molecular complexity index is 295. The van der Waals surface area contributed by atoms with Gasteiger partial charge in [0.2, 0.25) is 11.8 Å². The second-order valence-electron chi connectivity index (χ2n) is 3.70. The second-order valence-corrected chi connectivity index (χ2v) is 3.96. The lowest BCUT2D eigenvalue weighted by Gasteiger charge is -2.23. The molecular formula is C10H18ClN3O3. The first-order valence-corrected chi connectivity index (χ1v) is 5.80. The minimum absolute atomic E-state index is 0.0533. The molecule has 98 valence electrons. The fourth-order valence-electron chi connectivity index (χ4n) is 1.06. The lowest BCUT2D eigenvalue weighted by atomic mass is 10.4. The van der Waals surface area contributed by atoms with Gasteiger partial charge in [-0.05, 0) is 6.42 Å². The molecule has 0 rings (SSSR count). The molecule has 0 aliphatic rings. The van der Waals surface area contributed by atoms with Crippen molar-refractivity contribution < 1.29 is 14.4 Å². The van der Waals surface area contributed by atoms with E-state index in [1.807, 2.05) is 6.92 Å². The summed E-state index contributed by atoms with van der Waals surface area (Å²) in [6, 6.07) is -0.590. The molecule has 0 atom stereocenters. The number of halogens is 1. The average Bonchev–Trinajstić information content (AvgIpc) is 2.27. The Balaban J connectivity index is 4.45. The highest BCUT2D eigenvalue weighted by molar-refractivity contribution is 6.28. The number of urea groups is 1. The van der Waals surface area contributed by atoms with Crippen molar-refractivity contribution in [3.05, 3.63) is 0 Å². The molecule has 0 fully saturated rings. The topological polar surface area (TPSA) is 69.7 Å². The van der Waals surface area contributed by atoms with Crippen LogP contribution in [-0.4, -0.2) is 60.7 Å². The molecule has 1 N–H and O–H groups in total. The third kappa shape index (κ3) is 6.11. The number of nitrogens with one attached hydrogen (secondary N) is 1. The van der Waals surface area contributed by atoms with Crippen LogP contribution in [0.1, 0.15) is 13.3 Å². The van der Waals surface area contributed by atoms with Crippen molar-refractivity contribution >= 4 is 29.4 Å². The zero-order valence-electron chi connectivity index (χ0n) is 10.3. The summed E-state index contributed by atoms with van der Waals surface area (Å²) in [5, 5.41) is 2.10. The monoisotopic (exact) mass is 263 g/mol. The van der Waals surface area contributed by atoms with E-state index in [2.05, 4.69) is 5.32 Å². The highest BCUT2D eigenvalue weighted by Crippen LogP contribution is 1.95. The molecule has 6 nitrogen and oxygen atoms in total. The summed E-state index contributed by atoms with van der Waals surface area (Å²) >= 11 is 5.28. The molecule has 0 aliphatic carbocycles. The fourth-order valence-corrected chi connectivity index (χ4v) is 1.13. The minimum Gasteiger partial charge on any atom is -0.347 e. The van der Waals surface area contributed by atoms with E-state index < -0.39 is 11.9 Å². The third-order valence-corrected chi connectivity index (χ3v) is 2.22. The Morgan fingerprint density at radius 1 is 1.24 bits per heavy atom. The summed E-state index contributed by atoms with van der Waals surface area (Å²) in [7, 11) is 3.21. The van der Waals surface area contributed by atoms with Crippen molar-refractivity contribution in [2.75, 3.05) is 33.1 Å². The normalized spacial score (nSPS) is 9.65. The van der Waals surface area contributed by atoms with Crippen molar-refractivity contribution in [1.82, 2.24) is 15.1 Å². The van der Waals surface area contributed by atoms with Gasteiger partial charge in [-0.15, -0.1) is 11.6 Å². The fraction of sp³-hybridized carbons (Fsp3) is 0.700. The van der Waals surface area contributed by atoms with Crippen molar-refractivity contribution in [3.63, 3.8) is 0 Å². The van der Waals surface area contributed by atoms with Crippen LogP contribution < -0.4 is 5.32 Å². The molecule has 0 radical (unpaired) electrons. The van der Waals surface area contributed by atoms with Crippen LogP contribution in [0.4, 0.5) is 4.79 Å². The lowest BCUT2D eigenvalue weighted by Crippen LogP contribution is -2.47. The van der Waals surface area contributed by atoms with E-state index >= 15 is 0 Å². The Kier molecular flexibility index (Phi) is 7.29. The first-order valence-electron chi connectivity index (χ1n) is 5.27. The molecule has 17 heavy (non-hydrogen) atoms. The van der Waals surface area contributed by atoms with Crippen molar-refractivity contribution in [1.29, 1.82) is 0 Å². The van der Waals surface area contributed by atoms with Gasteiger partial charge in [-0.1, -0.05) is 6.92 Å². The molecular weight excluding hydrogens is 246 g/mol. The molecule has 4 amide bonds. The van der Waals surface area contributed by atoms with Gasteiger partial charge in [0.1, 0.15) is 12.4 Å². The highest BCUT2D eigenvalue weighted by atomic mass is 35.5. The molecule has 0 spiro atoms. The van der Waals surface area contributed by atoms with Gasteiger partial charge in [-0.25, -0.2) is 4.79 Å². The number of hydrogen-bond donors (Lipinski definition) is 1. The maximum atomic E-state index is 11.6. The molecule has 0 bridgehead atoms. The number of imide groups is 1. The van der Waals surface area contributed by atoms with E-state index in [0.29, 0.717) is 13.0 Å². The van der Waals surface area contributed by atoms with Gasteiger partial charge in [-0.3, -0.25) is 14.9 Å². The molecule has 0 aromatic carbocycles. The van der Waals surface area contributed by atoms with Crippen LogP contribution in [0.5, 0.6) is 0 Å². The smallest absolute Gasteiger partial charge is 0.324 e. The van der Waals surface area contributed by atoms with E-state index in [9.17, 15) is 14.4 Å². The van der Waals surface area contributed by atoms with E-state index in [4.69, 9.17) is 11.6 Å². The van der Waals surface area contributed by atoms with E-state index in [1.54, 1.807) is 14.1 Å². The van der Waals surface area contributed by atoms with Crippen LogP contribution in [-0.2, 0) is 9.59 Å². The van der Waals surface area contributed by atoms with E-state index in [-0.39, 0.29) is 18.3 Å². The summed E-state index contributed by atoms with van der Waals surface area (Å²) in [5.74, 6) is -1.06. The number of amides is 4. The van der Waals surface area contributed by atoms with Crippen molar-refractivity contribution in [2.24, 2.45) is 0 Å². The van der Waals surface area contributed by atoms with E-state index in [0.717, 1.165) is 0 Å². The lowest BCUT2D eigenvalue weighted by molar-refractivity contribution is -0.129. The Morgan fingerprint density at radius 2 is 1.82 bits per heavy atom. The van der Waals surface area contributed by atoms with Crippen molar-refractivity contribution in [2.45, 2.75) is 13.3 Å². The number of rotatable bonds is 5. The molecule has 0 aromatic rings. The van der Waals surface area contributed by atoms with Gasteiger partial charge in [-0.2, -0.15) is 0 Å². The molecule has 0 saturated carbocycles. The van der Waals surface area contributed by atoms with Gasteiger partial charge in [0, 0.05) is 20.6 Å². The first-order chi connectivity index (χ1) is 7.92. The Hall–Kier alpha value is -1.30. The van der Waals surface area contributed by atoms with E-state index in [1.165, 1.54) is 9.80 Å².